The van der Waals surface area contributed by atoms with E-state index in [1.807, 2.05) is 13.8 Å². The molecule has 1 aliphatic rings. The van der Waals surface area contributed by atoms with Crippen LogP contribution in [0.25, 0.3) is 6.08 Å². The lowest BCUT2D eigenvalue weighted by atomic mass is 10.1. The van der Waals surface area contributed by atoms with E-state index in [1.54, 1.807) is 42.5 Å². The second kappa shape index (κ2) is 10.2. The number of carbonyl (C=O) groups is 3. The molecule has 0 radical (unpaired) electrons. The number of nitrogens with zero attached hydrogens (tertiary/aromatic N) is 1. The molecule has 4 amide bonds. The van der Waals surface area contributed by atoms with Crippen molar-refractivity contribution in [2.75, 3.05) is 24.7 Å². The van der Waals surface area contributed by atoms with Gasteiger partial charge in [0.05, 0.1) is 18.9 Å². The monoisotopic (exact) mass is 434 g/mol. The van der Waals surface area contributed by atoms with E-state index in [4.69, 9.17) is 20.6 Å². The van der Waals surface area contributed by atoms with Crippen LogP contribution in [0.15, 0.2) is 48.0 Å². The molecule has 2 aromatic rings. The number of nitrogens with one attached hydrogen (secondary N) is 1. The summed E-state index contributed by atoms with van der Waals surface area (Å²) in [7, 11) is 0. The number of hydrogen-bond donors (Lipinski definition) is 1. The minimum Gasteiger partial charge on any atom is -0.494 e. The summed E-state index contributed by atoms with van der Waals surface area (Å²) in [6.07, 6.45) is 6.62. The number of anilines is 1. The average molecular weight is 434 g/mol. The van der Waals surface area contributed by atoms with Crippen LogP contribution in [0.3, 0.4) is 0 Å². The number of ether oxygens (including phenoxy) is 3. The van der Waals surface area contributed by atoms with Crippen LogP contribution in [0, 0.1) is 12.3 Å². The summed E-state index contributed by atoms with van der Waals surface area (Å²) < 4.78 is 16.4. The van der Waals surface area contributed by atoms with Gasteiger partial charge in [-0.3, -0.25) is 14.9 Å². The first-order valence-electron chi connectivity index (χ1n) is 9.95. The lowest BCUT2D eigenvalue weighted by molar-refractivity contribution is -0.122. The Balaban J connectivity index is 1.93. The fourth-order valence-corrected chi connectivity index (χ4v) is 3.04. The molecule has 0 spiro atoms. The van der Waals surface area contributed by atoms with E-state index in [2.05, 4.69) is 11.2 Å². The van der Waals surface area contributed by atoms with Crippen molar-refractivity contribution < 1.29 is 28.6 Å². The SMILES string of the molecule is C#CCOc1ccc(/C=C2\C(=O)NC(=O)N(c3ccc(OCC)cc3)C2=O)cc1OCC. The van der Waals surface area contributed by atoms with E-state index in [9.17, 15) is 14.4 Å². The normalized spacial score (nSPS) is 14.7. The highest BCUT2D eigenvalue weighted by Gasteiger charge is 2.36. The maximum atomic E-state index is 13.0. The smallest absolute Gasteiger partial charge is 0.335 e. The first-order valence-corrected chi connectivity index (χ1v) is 9.95. The highest BCUT2D eigenvalue weighted by atomic mass is 16.5. The van der Waals surface area contributed by atoms with Crippen molar-refractivity contribution in [3.63, 3.8) is 0 Å². The molecule has 8 heteroatoms. The molecular formula is C24H22N2O6. The Bertz CT molecular complexity index is 1100. The summed E-state index contributed by atoms with van der Waals surface area (Å²) in [5.74, 6) is 2.31. The van der Waals surface area contributed by atoms with Crippen LogP contribution in [-0.2, 0) is 9.59 Å². The maximum Gasteiger partial charge on any atom is 0.335 e. The summed E-state index contributed by atoms with van der Waals surface area (Å²) in [5.41, 5.74) is 0.626. The summed E-state index contributed by atoms with van der Waals surface area (Å²) in [6, 6.07) is 10.5. The van der Waals surface area contributed by atoms with E-state index in [1.165, 1.54) is 6.08 Å². The average Bonchev–Trinajstić information content (AvgIpc) is 2.77. The van der Waals surface area contributed by atoms with E-state index in [0.29, 0.717) is 41.7 Å². The van der Waals surface area contributed by atoms with Gasteiger partial charge < -0.3 is 14.2 Å². The van der Waals surface area contributed by atoms with E-state index in [0.717, 1.165) is 4.90 Å². The first-order chi connectivity index (χ1) is 15.5. The Kier molecular flexibility index (Phi) is 7.13. The Morgan fingerprint density at radius 2 is 1.69 bits per heavy atom. The molecule has 0 unspecified atom stereocenters. The van der Waals surface area contributed by atoms with Gasteiger partial charge in [-0.2, -0.15) is 0 Å². The van der Waals surface area contributed by atoms with Gasteiger partial charge in [-0.05, 0) is 61.9 Å². The number of benzene rings is 2. The summed E-state index contributed by atoms with van der Waals surface area (Å²) in [4.78, 5) is 38.7. The molecule has 0 aliphatic carbocycles. The fourth-order valence-electron chi connectivity index (χ4n) is 3.04. The van der Waals surface area contributed by atoms with Gasteiger partial charge in [-0.1, -0.05) is 12.0 Å². The van der Waals surface area contributed by atoms with Gasteiger partial charge >= 0.3 is 6.03 Å². The Hall–Kier alpha value is -4.25. The molecule has 2 aromatic carbocycles. The molecule has 0 saturated carbocycles. The minimum absolute atomic E-state index is 0.0700. The molecule has 1 fully saturated rings. The third kappa shape index (κ3) is 4.90. The third-order valence-electron chi connectivity index (χ3n) is 4.40. The van der Waals surface area contributed by atoms with Crippen LogP contribution in [0.5, 0.6) is 17.2 Å². The molecule has 32 heavy (non-hydrogen) atoms. The Labute approximate surface area is 185 Å². The van der Waals surface area contributed by atoms with Gasteiger partial charge in [0.2, 0.25) is 0 Å². The predicted molar refractivity (Wildman–Crippen MR) is 119 cm³/mol. The summed E-state index contributed by atoms with van der Waals surface area (Å²) in [6.45, 7) is 4.60. The number of amides is 4. The number of barbiturate groups is 1. The zero-order valence-electron chi connectivity index (χ0n) is 17.7. The van der Waals surface area contributed by atoms with Gasteiger partial charge in [0.25, 0.3) is 11.8 Å². The van der Waals surface area contributed by atoms with Crippen molar-refractivity contribution in [2.45, 2.75) is 13.8 Å². The molecular weight excluding hydrogens is 412 g/mol. The Morgan fingerprint density at radius 1 is 0.969 bits per heavy atom. The molecule has 0 aromatic heterocycles. The lowest BCUT2D eigenvalue weighted by Gasteiger charge is -2.26. The molecule has 0 bridgehead atoms. The standard InChI is InChI=1S/C24H22N2O6/c1-4-13-32-20-12-7-16(15-21(20)31-6-3)14-19-22(27)25-24(29)26(23(19)28)17-8-10-18(11-9-17)30-5-2/h1,7-12,14-15H,5-6,13H2,2-3H3,(H,25,27,29)/b19-14+. The second-order valence-corrected chi connectivity index (χ2v) is 6.52. The van der Waals surface area contributed by atoms with E-state index in [-0.39, 0.29) is 12.2 Å². The van der Waals surface area contributed by atoms with Crippen molar-refractivity contribution >= 4 is 29.6 Å². The lowest BCUT2D eigenvalue weighted by Crippen LogP contribution is -2.54. The van der Waals surface area contributed by atoms with Crippen LogP contribution in [0.4, 0.5) is 10.5 Å². The predicted octanol–water partition coefficient (Wildman–Crippen LogP) is 3.16. The zero-order valence-corrected chi connectivity index (χ0v) is 17.7. The number of carbonyl (C=O) groups excluding carboxylic acids is 3. The largest absolute Gasteiger partial charge is 0.494 e. The van der Waals surface area contributed by atoms with Gasteiger partial charge in [-0.15, -0.1) is 6.42 Å². The van der Waals surface area contributed by atoms with Gasteiger partial charge in [-0.25, -0.2) is 9.69 Å². The zero-order chi connectivity index (χ0) is 23.1. The molecule has 0 atom stereocenters. The summed E-state index contributed by atoms with van der Waals surface area (Å²) in [5, 5.41) is 2.20. The van der Waals surface area contributed by atoms with Crippen molar-refractivity contribution in [2.24, 2.45) is 0 Å². The number of rotatable bonds is 8. The molecule has 1 saturated heterocycles. The van der Waals surface area contributed by atoms with Crippen molar-refractivity contribution in [1.82, 2.24) is 5.32 Å². The van der Waals surface area contributed by atoms with Crippen molar-refractivity contribution in [1.29, 1.82) is 0 Å². The number of urea groups is 1. The Morgan fingerprint density at radius 3 is 2.34 bits per heavy atom. The molecule has 1 aliphatic heterocycles. The molecule has 3 rings (SSSR count). The highest BCUT2D eigenvalue weighted by Crippen LogP contribution is 2.30. The van der Waals surface area contributed by atoms with Crippen LogP contribution in [0.2, 0.25) is 0 Å². The molecule has 8 nitrogen and oxygen atoms in total. The number of terminal acetylenes is 1. The van der Waals surface area contributed by atoms with Crippen LogP contribution in [0.1, 0.15) is 19.4 Å². The van der Waals surface area contributed by atoms with E-state index < -0.39 is 17.8 Å². The molecule has 1 N–H and O–H groups in total. The van der Waals surface area contributed by atoms with Crippen LogP contribution < -0.4 is 24.4 Å². The van der Waals surface area contributed by atoms with Crippen LogP contribution in [-0.4, -0.2) is 37.7 Å². The molecule has 1 heterocycles. The van der Waals surface area contributed by atoms with Gasteiger partial charge in [0, 0.05) is 0 Å². The summed E-state index contributed by atoms with van der Waals surface area (Å²) >= 11 is 0. The first kappa shape index (κ1) is 22.4. The quantitative estimate of drug-likeness (QED) is 0.390. The topological polar surface area (TPSA) is 94.2 Å². The molecule has 164 valence electrons. The van der Waals surface area contributed by atoms with Gasteiger partial charge in [0.1, 0.15) is 17.9 Å². The maximum absolute atomic E-state index is 13.0. The number of hydrogen-bond acceptors (Lipinski definition) is 6. The second-order valence-electron chi connectivity index (χ2n) is 6.52. The fraction of sp³-hybridized carbons (Fsp3) is 0.208. The van der Waals surface area contributed by atoms with Crippen molar-refractivity contribution in [3.05, 3.63) is 53.6 Å². The third-order valence-corrected chi connectivity index (χ3v) is 4.40. The van der Waals surface area contributed by atoms with Crippen molar-refractivity contribution in [3.8, 4) is 29.6 Å². The van der Waals surface area contributed by atoms with E-state index >= 15 is 0 Å². The number of imide groups is 2. The minimum atomic E-state index is -0.825. The van der Waals surface area contributed by atoms with Gasteiger partial charge in [0.15, 0.2) is 11.5 Å². The van der Waals surface area contributed by atoms with Crippen LogP contribution >= 0.6 is 0 Å². The highest BCUT2D eigenvalue weighted by molar-refractivity contribution is 6.39.